The number of benzene rings is 1. The molecule has 0 amide bonds. The van der Waals surface area contributed by atoms with E-state index in [0.717, 1.165) is 4.57 Å². The maximum atomic E-state index is 13.2. The molecular formula is C27H31N8O10P. The summed E-state index contributed by atoms with van der Waals surface area (Å²) < 4.78 is 44.5. The molecule has 2 aliphatic rings. The van der Waals surface area contributed by atoms with Crippen molar-refractivity contribution in [1.82, 2.24) is 34.1 Å². The van der Waals surface area contributed by atoms with E-state index in [2.05, 4.69) is 24.9 Å². The Labute approximate surface area is 260 Å². The van der Waals surface area contributed by atoms with Crippen molar-refractivity contribution in [3.8, 4) is 0 Å². The van der Waals surface area contributed by atoms with Gasteiger partial charge in [0.2, 0.25) is 5.95 Å². The van der Waals surface area contributed by atoms with Crippen LogP contribution >= 0.6 is 7.82 Å². The third-order valence-electron chi connectivity index (χ3n) is 7.62. The number of aromatic nitrogens is 7. The number of aromatic amines is 1. The normalized spacial score (nSPS) is 25.9. The van der Waals surface area contributed by atoms with E-state index in [1.165, 1.54) is 17.2 Å². The molecule has 1 unspecified atom stereocenters. The number of imidazole rings is 1. The van der Waals surface area contributed by atoms with Crippen LogP contribution in [0.3, 0.4) is 0 Å². The summed E-state index contributed by atoms with van der Waals surface area (Å²) in [6.07, 6.45) is -2.13. The van der Waals surface area contributed by atoms with Crippen molar-refractivity contribution in [3.63, 3.8) is 0 Å². The number of aryl methyl sites for hydroxylation is 1. The number of esters is 1. The SMILES string of the molecule is CC[C@H]1O[C@@H](n2cnc(N)nc2=O)C[C@H]1OP(=O)(O)OC[C@H]1O[C@@H](n2cnc3c(=O)[nH]c(C)nc32)C[C@H]1OC(=O)c1ccccc1. The molecule has 244 valence electrons. The minimum absolute atomic E-state index is 0.0260. The van der Waals surface area contributed by atoms with Crippen LogP contribution in [-0.2, 0) is 27.8 Å². The van der Waals surface area contributed by atoms with Crippen LogP contribution in [0.15, 0.2) is 52.6 Å². The Morgan fingerprint density at radius 2 is 1.76 bits per heavy atom. The molecule has 18 nitrogen and oxygen atoms in total. The fourth-order valence-electron chi connectivity index (χ4n) is 5.44. The van der Waals surface area contributed by atoms with E-state index < -0.39 is 68.5 Å². The summed E-state index contributed by atoms with van der Waals surface area (Å²) in [5.74, 6) is -0.469. The minimum Gasteiger partial charge on any atom is -0.456 e. The van der Waals surface area contributed by atoms with Gasteiger partial charge in [-0.15, -0.1) is 0 Å². The molecule has 7 atom stereocenters. The average Bonchev–Trinajstić information content (AvgIpc) is 3.73. The number of nitrogens with zero attached hydrogens (tertiary/aromatic N) is 6. The first kappa shape index (κ1) is 31.7. The summed E-state index contributed by atoms with van der Waals surface area (Å²) in [5.41, 5.74) is 4.99. The van der Waals surface area contributed by atoms with Gasteiger partial charge in [-0.1, -0.05) is 25.1 Å². The second-order valence-corrected chi connectivity index (χ2v) is 12.1. The van der Waals surface area contributed by atoms with Gasteiger partial charge < -0.3 is 29.8 Å². The van der Waals surface area contributed by atoms with E-state index >= 15 is 0 Å². The lowest BCUT2D eigenvalue weighted by Gasteiger charge is -2.23. The van der Waals surface area contributed by atoms with Crippen LogP contribution in [0.4, 0.5) is 5.95 Å². The summed E-state index contributed by atoms with van der Waals surface area (Å²) in [4.78, 5) is 66.8. The molecule has 0 bridgehead atoms. The average molecular weight is 659 g/mol. The third-order valence-corrected chi connectivity index (χ3v) is 8.63. The van der Waals surface area contributed by atoms with E-state index in [-0.39, 0.29) is 30.0 Å². The predicted octanol–water partition coefficient (Wildman–Crippen LogP) is 1.37. The molecule has 1 aromatic carbocycles. The maximum absolute atomic E-state index is 13.2. The lowest BCUT2D eigenvalue weighted by atomic mass is 10.1. The smallest absolute Gasteiger partial charge is 0.456 e. The van der Waals surface area contributed by atoms with Gasteiger partial charge in [0.1, 0.15) is 36.8 Å². The van der Waals surface area contributed by atoms with Gasteiger partial charge >= 0.3 is 19.5 Å². The summed E-state index contributed by atoms with van der Waals surface area (Å²) in [6, 6.07) is 8.30. The van der Waals surface area contributed by atoms with Gasteiger partial charge in [-0.05, 0) is 25.5 Å². The Kier molecular flexibility index (Phi) is 8.82. The van der Waals surface area contributed by atoms with Crippen LogP contribution < -0.4 is 17.0 Å². The molecular weight excluding hydrogens is 627 g/mol. The summed E-state index contributed by atoms with van der Waals surface area (Å²) in [5, 5.41) is 0. The topological polar surface area (TPSA) is 238 Å². The van der Waals surface area contributed by atoms with Gasteiger partial charge in [0, 0.05) is 12.8 Å². The number of phosphoric ester groups is 1. The molecule has 2 saturated heterocycles. The van der Waals surface area contributed by atoms with Crippen LogP contribution in [0.2, 0.25) is 0 Å². The van der Waals surface area contributed by atoms with E-state index in [9.17, 15) is 23.8 Å². The molecule has 0 radical (unpaired) electrons. The fraction of sp³-hybridized carbons (Fsp3) is 0.444. The fourth-order valence-corrected chi connectivity index (χ4v) is 6.40. The maximum Gasteiger partial charge on any atom is 0.472 e. The zero-order valence-corrected chi connectivity index (χ0v) is 25.6. The van der Waals surface area contributed by atoms with E-state index in [4.69, 9.17) is 29.0 Å². The zero-order valence-electron chi connectivity index (χ0n) is 24.7. The Hall–Kier alpha value is -4.32. The highest BCUT2D eigenvalue weighted by Gasteiger charge is 2.44. The number of anilines is 1. The molecule has 0 spiro atoms. The Bertz CT molecular complexity index is 1900. The highest BCUT2D eigenvalue weighted by atomic mass is 31.2. The quantitative estimate of drug-likeness (QED) is 0.161. The van der Waals surface area contributed by atoms with Crippen LogP contribution in [0.25, 0.3) is 11.2 Å². The van der Waals surface area contributed by atoms with E-state index in [1.807, 2.05) is 0 Å². The number of hydrogen-bond donors (Lipinski definition) is 3. The van der Waals surface area contributed by atoms with Crippen LogP contribution in [0, 0.1) is 6.92 Å². The number of carbonyl (C=O) groups excluding carboxylic acids is 1. The van der Waals surface area contributed by atoms with Crippen molar-refractivity contribution < 1.29 is 37.5 Å². The highest BCUT2D eigenvalue weighted by Crippen LogP contribution is 2.49. The Balaban J connectivity index is 1.18. The van der Waals surface area contributed by atoms with Crippen molar-refractivity contribution in [1.29, 1.82) is 0 Å². The van der Waals surface area contributed by atoms with Crippen molar-refractivity contribution in [2.45, 2.75) is 70.0 Å². The highest BCUT2D eigenvalue weighted by molar-refractivity contribution is 7.47. The first-order valence-electron chi connectivity index (χ1n) is 14.4. The molecule has 2 aliphatic heterocycles. The summed E-state index contributed by atoms with van der Waals surface area (Å²) in [6.45, 7) is 2.91. The first-order chi connectivity index (χ1) is 22.0. The molecule has 0 aliphatic carbocycles. The molecule has 6 rings (SSSR count). The van der Waals surface area contributed by atoms with Gasteiger partial charge in [0.25, 0.3) is 5.56 Å². The number of nitrogen functional groups attached to an aromatic ring is 1. The molecule has 4 aromatic rings. The standard InChI is InChI=1S/C27H31N8O10P/c1-3-16-18(10-21(42-16)35-13-30-26(28)33-27(35)38)45-46(39,40)41-11-19-17(44-25(37)15-7-5-4-6-8-15)9-20(43-19)34-12-29-22-23(34)31-14(2)32-24(22)36/h4-8,12-13,16-21H,3,9-11H2,1-2H3,(H,39,40)(H2,28,33,38)(H,31,32,36)/t16-,17-,18-,19-,20-,21-/m1/s1. The number of nitrogens with one attached hydrogen (secondary N) is 1. The summed E-state index contributed by atoms with van der Waals surface area (Å²) in [7, 11) is -4.75. The lowest BCUT2D eigenvalue weighted by Crippen LogP contribution is -2.31. The number of phosphoric acid groups is 1. The molecule has 46 heavy (non-hydrogen) atoms. The number of carbonyl (C=O) groups is 1. The van der Waals surface area contributed by atoms with Crippen LogP contribution in [0.1, 0.15) is 54.8 Å². The van der Waals surface area contributed by atoms with Gasteiger partial charge in [-0.2, -0.15) is 4.98 Å². The molecule has 4 N–H and O–H groups in total. The van der Waals surface area contributed by atoms with Crippen LogP contribution in [0.5, 0.6) is 0 Å². The van der Waals surface area contributed by atoms with Crippen molar-refractivity contribution in [2.75, 3.05) is 12.3 Å². The summed E-state index contributed by atoms with van der Waals surface area (Å²) >= 11 is 0. The second-order valence-electron chi connectivity index (χ2n) is 10.7. The molecule has 19 heteroatoms. The predicted molar refractivity (Wildman–Crippen MR) is 157 cm³/mol. The van der Waals surface area contributed by atoms with Crippen molar-refractivity contribution in [3.05, 3.63) is 75.2 Å². The van der Waals surface area contributed by atoms with Crippen LogP contribution in [-0.4, -0.2) is 75.9 Å². The monoisotopic (exact) mass is 658 g/mol. The second kappa shape index (κ2) is 12.8. The van der Waals surface area contributed by atoms with Gasteiger partial charge in [-0.25, -0.2) is 29.1 Å². The van der Waals surface area contributed by atoms with E-state index in [1.54, 1.807) is 44.2 Å². The lowest BCUT2D eigenvalue weighted by molar-refractivity contribution is -0.0545. The molecule has 5 heterocycles. The molecule has 0 saturated carbocycles. The van der Waals surface area contributed by atoms with Gasteiger partial charge in [0.05, 0.1) is 30.7 Å². The van der Waals surface area contributed by atoms with E-state index in [0.29, 0.717) is 17.8 Å². The number of nitrogens with two attached hydrogens (primary N) is 1. The Morgan fingerprint density at radius 1 is 1.07 bits per heavy atom. The largest absolute Gasteiger partial charge is 0.472 e. The van der Waals surface area contributed by atoms with Crippen molar-refractivity contribution in [2.24, 2.45) is 0 Å². The number of rotatable bonds is 10. The number of fused-ring (bicyclic) bond motifs is 1. The number of H-pyrrole nitrogens is 1. The number of ether oxygens (including phenoxy) is 3. The third kappa shape index (κ3) is 6.62. The zero-order chi connectivity index (χ0) is 32.6. The van der Waals surface area contributed by atoms with Crippen molar-refractivity contribution >= 4 is 30.9 Å². The minimum atomic E-state index is -4.75. The first-order valence-corrected chi connectivity index (χ1v) is 15.9. The molecule has 2 fully saturated rings. The number of hydrogen-bond acceptors (Lipinski definition) is 14. The van der Waals surface area contributed by atoms with Gasteiger partial charge in [-0.3, -0.25) is 23.0 Å². The van der Waals surface area contributed by atoms with Gasteiger partial charge in [0.15, 0.2) is 11.2 Å². The molecule has 3 aromatic heterocycles. The Morgan fingerprint density at radius 3 is 2.50 bits per heavy atom.